The molecule has 4 nitrogen and oxygen atoms in total. The number of hydrogen-bond acceptors (Lipinski definition) is 3. The lowest BCUT2D eigenvalue weighted by atomic mass is 10.3. The topological polar surface area (TPSA) is 44.1 Å². The normalized spacial score (nSPS) is 12.5. The van der Waals surface area contributed by atoms with Gasteiger partial charge in [-0.3, -0.25) is 4.68 Å². The average molecular weight is 203 g/mol. The Labute approximate surface area is 81.4 Å². The van der Waals surface area contributed by atoms with Gasteiger partial charge in [0.2, 0.25) is 0 Å². The molecule has 0 radical (unpaired) electrons. The smallest absolute Gasteiger partial charge is 0.330 e. The van der Waals surface area contributed by atoms with Crippen LogP contribution < -0.4 is 0 Å². The van der Waals surface area contributed by atoms with Crippen LogP contribution in [0.3, 0.4) is 0 Å². The number of esters is 1. The Balaban J connectivity index is 2.67. The van der Waals surface area contributed by atoms with Gasteiger partial charge in [0.05, 0.1) is 17.8 Å². The minimum atomic E-state index is -0.424. The van der Waals surface area contributed by atoms with E-state index < -0.39 is 6.04 Å². The second-order valence-corrected chi connectivity index (χ2v) is 3.00. The largest absolute Gasteiger partial charge is 0.464 e. The van der Waals surface area contributed by atoms with E-state index in [1.54, 1.807) is 20.0 Å². The SMILES string of the molecule is CCOC(=O)[C@@H](C)n1cc(Cl)cn1. The third-order valence-electron chi connectivity index (χ3n) is 1.59. The minimum Gasteiger partial charge on any atom is -0.464 e. The van der Waals surface area contributed by atoms with Gasteiger partial charge in [0.15, 0.2) is 0 Å². The maximum absolute atomic E-state index is 11.2. The summed E-state index contributed by atoms with van der Waals surface area (Å²) in [5, 5.41) is 4.41. The third kappa shape index (κ3) is 2.45. The Bertz CT molecular complexity index is 298. The number of carbonyl (C=O) groups is 1. The Hall–Kier alpha value is -1.03. The van der Waals surface area contributed by atoms with Crippen LogP contribution in [0.5, 0.6) is 0 Å². The van der Waals surface area contributed by atoms with Crippen molar-refractivity contribution in [1.29, 1.82) is 0 Å². The number of aromatic nitrogens is 2. The molecule has 0 aliphatic heterocycles. The molecule has 0 amide bonds. The molecule has 0 bridgehead atoms. The number of carbonyl (C=O) groups excluding carboxylic acids is 1. The lowest BCUT2D eigenvalue weighted by Gasteiger charge is -2.09. The molecule has 0 N–H and O–H groups in total. The Kier molecular flexibility index (Phi) is 3.31. The monoisotopic (exact) mass is 202 g/mol. The molecule has 0 unspecified atom stereocenters. The zero-order chi connectivity index (χ0) is 9.84. The Morgan fingerprint density at radius 2 is 2.54 bits per heavy atom. The summed E-state index contributed by atoms with van der Waals surface area (Å²) >= 11 is 5.65. The van der Waals surface area contributed by atoms with E-state index in [0.717, 1.165) is 0 Å². The second-order valence-electron chi connectivity index (χ2n) is 2.57. The van der Waals surface area contributed by atoms with Crippen molar-refractivity contribution in [2.45, 2.75) is 19.9 Å². The summed E-state index contributed by atoms with van der Waals surface area (Å²) in [6.45, 7) is 3.85. The first kappa shape index (κ1) is 10.1. The fourth-order valence-corrected chi connectivity index (χ4v) is 1.04. The van der Waals surface area contributed by atoms with E-state index in [1.165, 1.54) is 10.9 Å². The van der Waals surface area contributed by atoms with E-state index in [1.807, 2.05) is 0 Å². The van der Waals surface area contributed by atoms with Crippen molar-refractivity contribution in [2.24, 2.45) is 0 Å². The van der Waals surface area contributed by atoms with Crippen LogP contribution in [0.25, 0.3) is 0 Å². The molecule has 1 aromatic heterocycles. The minimum absolute atomic E-state index is 0.303. The van der Waals surface area contributed by atoms with Gasteiger partial charge >= 0.3 is 5.97 Å². The maximum atomic E-state index is 11.2. The van der Waals surface area contributed by atoms with Crippen LogP contribution in [-0.4, -0.2) is 22.4 Å². The highest BCUT2D eigenvalue weighted by atomic mass is 35.5. The van der Waals surface area contributed by atoms with Crippen molar-refractivity contribution in [3.8, 4) is 0 Å². The van der Waals surface area contributed by atoms with E-state index >= 15 is 0 Å². The summed E-state index contributed by atoms with van der Waals surface area (Å²) in [7, 11) is 0. The van der Waals surface area contributed by atoms with Crippen molar-refractivity contribution >= 4 is 17.6 Å². The predicted octanol–water partition coefficient (Wildman–Crippen LogP) is 1.66. The standard InChI is InChI=1S/C8H11ClN2O2/c1-3-13-8(12)6(2)11-5-7(9)4-10-11/h4-6H,3H2,1-2H3/t6-/m1/s1. The van der Waals surface area contributed by atoms with Gasteiger partial charge in [-0.25, -0.2) is 4.79 Å². The predicted molar refractivity (Wildman–Crippen MR) is 48.6 cm³/mol. The summed E-state index contributed by atoms with van der Waals surface area (Å²) in [6, 6.07) is -0.424. The molecule has 1 aromatic rings. The lowest BCUT2D eigenvalue weighted by Crippen LogP contribution is -2.19. The van der Waals surface area contributed by atoms with E-state index in [9.17, 15) is 4.79 Å². The van der Waals surface area contributed by atoms with Gasteiger partial charge in [0.25, 0.3) is 0 Å². The van der Waals surface area contributed by atoms with Crippen molar-refractivity contribution in [1.82, 2.24) is 9.78 Å². The molecular weight excluding hydrogens is 192 g/mol. The third-order valence-corrected chi connectivity index (χ3v) is 1.79. The molecular formula is C8H11ClN2O2. The van der Waals surface area contributed by atoms with Crippen molar-refractivity contribution in [3.05, 3.63) is 17.4 Å². The quantitative estimate of drug-likeness (QED) is 0.701. The summed E-state index contributed by atoms with van der Waals surface area (Å²) in [6.07, 6.45) is 3.07. The fraction of sp³-hybridized carbons (Fsp3) is 0.500. The zero-order valence-electron chi connectivity index (χ0n) is 7.53. The van der Waals surface area contributed by atoms with Crippen molar-refractivity contribution in [2.75, 3.05) is 6.61 Å². The van der Waals surface area contributed by atoms with E-state index in [2.05, 4.69) is 5.10 Å². The van der Waals surface area contributed by atoms with Crippen LogP contribution in [-0.2, 0) is 9.53 Å². The number of ether oxygens (including phenoxy) is 1. The molecule has 13 heavy (non-hydrogen) atoms. The average Bonchev–Trinajstić information content (AvgIpc) is 2.51. The van der Waals surface area contributed by atoms with Gasteiger partial charge in [-0.05, 0) is 13.8 Å². The first-order valence-electron chi connectivity index (χ1n) is 4.01. The summed E-state index contributed by atoms with van der Waals surface area (Å²) in [5.41, 5.74) is 0. The molecule has 0 aliphatic rings. The molecule has 0 saturated carbocycles. The van der Waals surface area contributed by atoms with Gasteiger partial charge in [-0.2, -0.15) is 5.10 Å². The number of rotatable bonds is 3. The Morgan fingerprint density at radius 1 is 1.85 bits per heavy atom. The molecule has 0 aliphatic carbocycles. The lowest BCUT2D eigenvalue weighted by molar-refractivity contribution is -0.146. The van der Waals surface area contributed by atoms with E-state index in [4.69, 9.17) is 16.3 Å². The molecule has 1 atom stereocenters. The molecule has 72 valence electrons. The van der Waals surface area contributed by atoms with Crippen LogP contribution in [0.4, 0.5) is 0 Å². The molecule has 0 spiro atoms. The maximum Gasteiger partial charge on any atom is 0.330 e. The number of halogens is 1. The zero-order valence-corrected chi connectivity index (χ0v) is 8.28. The molecule has 0 saturated heterocycles. The molecule has 1 heterocycles. The highest BCUT2D eigenvalue weighted by molar-refractivity contribution is 6.30. The van der Waals surface area contributed by atoms with Gasteiger partial charge < -0.3 is 4.74 Å². The molecule has 1 rings (SSSR count). The van der Waals surface area contributed by atoms with Gasteiger partial charge in [-0.15, -0.1) is 0 Å². The molecule has 0 fully saturated rings. The second kappa shape index (κ2) is 4.28. The van der Waals surface area contributed by atoms with Crippen molar-refractivity contribution < 1.29 is 9.53 Å². The van der Waals surface area contributed by atoms with Crippen LogP contribution >= 0.6 is 11.6 Å². The highest BCUT2D eigenvalue weighted by Gasteiger charge is 2.16. The van der Waals surface area contributed by atoms with E-state index in [-0.39, 0.29) is 5.97 Å². The van der Waals surface area contributed by atoms with Crippen LogP contribution in [0.2, 0.25) is 5.02 Å². The Morgan fingerprint density at radius 3 is 3.00 bits per heavy atom. The summed E-state index contributed by atoms with van der Waals surface area (Å²) in [5.74, 6) is -0.303. The first-order valence-corrected chi connectivity index (χ1v) is 4.39. The van der Waals surface area contributed by atoms with Gasteiger partial charge in [0, 0.05) is 6.20 Å². The van der Waals surface area contributed by atoms with Crippen LogP contribution in [0.1, 0.15) is 19.9 Å². The van der Waals surface area contributed by atoms with Crippen LogP contribution in [0.15, 0.2) is 12.4 Å². The van der Waals surface area contributed by atoms with Gasteiger partial charge in [0.1, 0.15) is 6.04 Å². The summed E-state index contributed by atoms with van der Waals surface area (Å²) < 4.78 is 6.30. The summed E-state index contributed by atoms with van der Waals surface area (Å²) in [4.78, 5) is 11.2. The van der Waals surface area contributed by atoms with Crippen LogP contribution in [0, 0.1) is 0 Å². The number of hydrogen-bond donors (Lipinski definition) is 0. The number of nitrogens with zero attached hydrogens (tertiary/aromatic N) is 2. The van der Waals surface area contributed by atoms with E-state index in [0.29, 0.717) is 11.6 Å². The van der Waals surface area contributed by atoms with Crippen molar-refractivity contribution in [3.63, 3.8) is 0 Å². The highest BCUT2D eigenvalue weighted by Crippen LogP contribution is 2.11. The molecule has 0 aromatic carbocycles. The fourth-order valence-electron chi connectivity index (χ4n) is 0.898. The molecule has 5 heteroatoms. The van der Waals surface area contributed by atoms with Gasteiger partial charge in [-0.1, -0.05) is 11.6 Å². The first-order chi connectivity index (χ1) is 6.15.